The zero-order chi connectivity index (χ0) is 24.2. The molecule has 0 aliphatic carbocycles. The van der Waals surface area contributed by atoms with Crippen LogP contribution in [0, 0.1) is 29.9 Å². The molecule has 4 rings (SSSR count). The number of benzene rings is 2. The molecule has 1 aliphatic heterocycles. The van der Waals surface area contributed by atoms with E-state index < -0.39 is 17.2 Å². The molecule has 1 amide bonds. The molecule has 8 nitrogen and oxygen atoms in total. The first-order chi connectivity index (χ1) is 16.4. The lowest BCUT2D eigenvalue weighted by atomic mass is 9.89. The van der Waals surface area contributed by atoms with Gasteiger partial charge in [-0.05, 0) is 61.1 Å². The van der Waals surface area contributed by atoms with Crippen LogP contribution < -0.4 is 15.5 Å². The Morgan fingerprint density at radius 1 is 1.15 bits per heavy atom. The first kappa shape index (κ1) is 23.0. The highest BCUT2D eigenvalue weighted by Crippen LogP contribution is 2.32. The fourth-order valence-electron chi connectivity index (χ4n) is 4.06. The highest BCUT2D eigenvalue weighted by atomic mass is 19.1. The molecule has 0 bridgehead atoms. The number of nitrogens with zero attached hydrogens (tertiary/aromatic N) is 5. The van der Waals surface area contributed by atoms with E-state index in [-0.39, 0.29) is 11.8 Å². The second-order valence-electron chi connectivity index (χ2n) is 8.13. The van der Waals surface area contributed by atoms with Crippen molar-refractivity contribution in [2.45, 2.75) is 32.6 Å². The molecular formula is C24H23F2N7O. The lowest BCUT2D eigenvalue weighted by molar-refractivity contribution is -0.114. The van der Waals surface area contributed by atoms with Gasteiger partial charge in [-0.3, -0.25) is 4.79 Å². The predicted molar refractivity (Wildman–Crippen MR) is 124 cm³/mol. The van der Waals surface area contributed by atoms with E-state index in [4.69, 9.17) is 5.26 Å². The molecule has 0 spiro atoms. The van der Waals surface area contributed by atoms with E-state index in [1.54, 1.807) is 6.07 Å². The van der Waals surface area contributed by atoms with E-state index in [0.717, 1.165) is 11.3 Å². The normalized spacial score (nSPS) is 13.9. The number of hydrogen-bond acceptors (Lipinski definition) is 7. The van der Waals surface area contributed by atoms with Gasteiger partial charge in [0.1, 0.15) is 29.6 Å². The van der Waals surface area contributed by atoms with Gasteiger partial charge in [-0.25, -0.2) is 18.7 Å². The highest BCUT2D eigenvalue weighted by Gasteiger charge is 2.24. The number of hydrogen-bond donors (Lipinski definition) is 2. The van der Waals surface area contributed by atoms with Gasteiger partial charge in [-0.1, -0.05) is 6.07 Å². The van der Waals surface area contributed by atoms with E-state index >= 15 is 0 Å². The van der Waals surface area contributed by atoms with E-state index in [0.29, 0.717) is 49.1 Å². The van der Waals surface area contributed by atoms with Crippen LogP contribution in [0.15, 0.2) is 36.7 Å². The Morgan fingerprint density at radius 2 is 1.82 bits per heavy atom. The summed E-state index contributed by atoms with van der Waals surface area (Å²) in [6.07, 6.45) is 2.75. The van der Waals surface area contributed by atoms with Gasteiger partial charge in [0, 0.05) is 31.4 Å². The van der Waals surface area contributed by atoms with Crippen molar-refractivity contribution in [3.63, 3.8) is 0 Å². The predicted octanol–water partition coefficient (Wildman–Crippen LogP) is 4.42. The summed E-state index contributed by atoms with van der Waals surface area (Å²) >= 11 is 0. The Hall–Kier alpha value is -4.13. The molecule has 1 fully saturated rings. The summed E-state index contributed by atoms with van der Waals surface area (Å²) in [6, 6.07) is 9.57. The number of halogens is 2. The van der Waals surface area contributed by atoms with E-state index in [9.17, 15) is 13.6 Å². The van der Waals surface area contributed by atoms with Crippen LogP contribution in [0.2, 0.25) is 0 Å². The van der Waals surface area contributed by atoms with Gasteiger partial charge in [0.25, 0.3) is 0 Å². The number of aromatic nitrogens is 3. The molecule has 2 N–H and O–H groups in total. The van der Waals surface area contributed by atoms with Gasteiger partial charge in [0.15, 0.2) is 0 Å². The molecule has 2 heterocycles. The fourth-order valence-corrected chi connectivity index (χ4v) is 4.06. The maximum absolute atomic E-state index is 14.0. The minimum absolute atomic E-state index is 0.0217. The minimum atomic E-state index is -0.828. The molecule has 1 saturated heterocycles. The fraction of sp³-hybridized carbons (Fsp3) is 0.292. The van der Waals surface area contributed by atoms with Crippen LogP contribution in [0.3, 0.4) is 0 Å². The third-order valence-corrected chi connectivity index (χ3v) is 5.88. The van der Waals surface area contributed by atoms with Crippen molar-refractivity contribution < 1.29 is 13.6 Å². The molecule has 0 atom stereocenters. The molecule has 1 aromatic heterocycles. The summed E-state index contributed by atoms with van der Waals surface area (Å²) in [5.74, 6) is -0.962. The van der Waals surface area contributed by atoms with E-state index in [1.807, 2.05) is 30.0 Å². The molecule has 3 aromatic rings. The zero-order valence-corrected chi connectivity index (χ0v) is 18.8. The van der Waals surface area contributed by atoms with E-state index in [1.165, 1.54) is 25.4 Å². The zero-order valence-electron chi connectivity index (χ0n) is 18.8. The number of piperidine rings is 1. The van der Waals surface area contributed by atoms with Crippen molar-refractivity contribution in [1.82, 2.24) is 15.0 Å². The average Bonchev–Trinajstić information content (AvgIpc) is 2.81. The van der Waals surface area contributed by atoms with Crippen molar-refractivity contribution in [1.29, 1.82) is 5.26 Å². The van der Waals surface area contributed by atoms with Gasteiger partial charge >= 0.3 is 0 Å². The lowest BCUT2D eigenvalue weighted by Gasteiger charge is -2.32. The van der Waals surface area contributed by atoms with Crippen LogP contribution in [0.5, 0.6) is 0 Å². The lowest BCUT2D eigenvalue weighted by Crippen LogP contribution is -2.34. The first-order valence-corrected chi connectivity index (χ1v) is 10.8. The second-order valence-corrected chi connectivity index (χ2v) is 8.13. The summed E-state index contributed by atoms with van der Waals surface area (Å²) in [5, 5.41) is 14.8. The van der Waals surface area contributed by atoms with Gasteiger partial charge in [0.2, 0.25) is 17.8 Å². The summed E-state index contributed by atoms with van der Waals surface area (Å²) in [6.45, 7) is 4.55. The van der Waals surface area contributed by atoms with Crippen molar-refractivity contribution in [2.24, 2.45) is 0 Å². The number of rotatable bonds is 5. The van der Waals surface area contributed by atoms with Crippen LogP contribution in [0.25, 0.3) is 0 Å². The quantitative estimate of drug-likeness (QED) is 0.577. The largest absolute Gasteiger partial charge is 0.341 e. The van der Waals surface area contributed by atoms with Gasteiger partial charge in [0.05, 0.1) is 0 Å². The first-order valence-electron chi connectivity index (χ1n) is 10.8. The number of amides is 1. The van der Waals surface area contributed by atoms with E-state index in [2.05, 4.69) is 25.6 Å². The average molecular weight is 463 g/mol. The molecule has 2 aromatic carbocycles. The Bertz CT molecular complexity index is 1240. The molecular weight excluding hydrogens is 440 g/mol. The second kappa shape index (κ2) is 9.79. The number of anilines is 4. The molecule has 0 unspecified atom stereocenters. The van der Waals surface area contributed by atoms with Gasteiger partial charge in [-0.15, -0.1) is 0 Å². The van der Waals surface area contributed by atoms with Crippen molar-refractivity contribution in [3.05, 3.63) is 65.0 Å². The maximum atomic E-state index is 14.0. The Balaban J connectivity index is 1.45. The highest BCUT2D eigenvalue weighted by molar-refractivity contribution is 5.90. The standard InChI is InChI=1S/C24H23F2N7O/c1-14-21(30-15(2)34)4-3-5-22(14)31-23-28-13-29-24(32-23)33-8-6-16(7-9-33)17-10-19(25)18(12-27)20(26)11-17/h3-5,10-11,13,16H,6-9H2,1-2H3,(H,30,34)(H,28,29,31,32). The minimum Gasteiger partial charge on any atom is -0.341 e. The maximum Gasteiger partial charge on any atom is 0.232 e. The molecule has 10 heteroatoms. The van der Waals surface area contributed by atoms with Crippen LogP contribution in [-0.4, -0.2) is 33.9 Å². The number of carbonyl (C=O) groups is 1. The van der Waals surface area contributed by atoms with Crippen molar-refractivity contribution >= 4 is 29.2 Å². The number of nitrogens with one attached hydrogen (secondary N) is 2. The summed E-state index contributed by atoms with van der Waals surface area (Å²) in [7, 11) is 0. The monoisotopic (exact) mass is 463 g/mol. The Morgan fingerprint density at radius 3 is 2.47 bits per heavy atom. The van der Waals surface area contributed by atoms with Crippen LogP contribution in [-0.2, 0) is 4.79 Å². The molecule has 34 heavy (non-hydrogen) atoms. The number of carbonyl (C=O) groups excluding carboxylic acids is 1. The summed E-state index contributed by atoms with van der Waals surface area (Å²) in [4.78, 5) is 26.4. The topological polar surface area (TPSA) is 107 Å². The smallest absolute Gasteiger partial charge is 0.232 e. The van der Waals surface area contributed by atoms with Gasteiger partial charge in [-0.2, -0.15) is 10.2 Å². The van der Waals surface area contributed by atoms with Gasteiger partial charge < -0.3 is 15.5 Å². The third-order valence-electron chi connectivity index (χ3n) is 5.88. The van der Waals surface area contributed by atoms with Crippen LogP contribution in [0.1, 0.15) is 42.4 Å². The Kier molecular flexibility index (Phi) is 6.63. The Labute approximate surface area is 195 Å². The summed E-state index contributed by atoms with van der Waals surface area (Å²) < 4.78 is 28.0. The van der Waals surface area contributed by atoms with Crippen LogP contribution in [0.4, 0.5) is 32.1 Å². The molecule has 1 aliphatic rings. The number of nitriles is 1. The van der Waals surface area contributed by atoms with Crippen molar-refractivity contribution in [2.75, 3.05) is 28.6 Å². The molecule has 174 valence electrons. The molecule has 0 radical (unpaired) electrons. The summed E-state index contributed by atoms with van der Waals surface area (Å²) in [5.41, 5.74) is 2.31. The molecule has 0 saturated carbocycles. The van der Waals surface area contributed by atoms with Crippen LogP contribution >= 0.6 is 0 Å². The third kappa shape index (κ3) is 4.93. The SMILES string of the molecule is CC(=O)Nc1cccc(Nc2ncnc(N3CCC(c4cc(F)c(C#N)c(F)c4)CC3)n2)c1C. The van der Waals surface area contributed by atoms with Crippen molar-refractivity contribution in [3.8, 4) is 6.07 Å².